The molecule has 25 heavy (non-hydrogen) atoms. The number of carbonyl (C=O) groups is 2. The zero-order valence-corrected chi connectivity index (χ0v) is 16.7. The minimum atomic E-state index is -0.131. The van der Waals surface area contributed by atoms with E-state index in [1.807, 2.05) is 4.90 Å². The Labute approximate surface area is 155 Å². The molecule has 0 spiro atoms. The molecule has 0 saturated heterocycles. The molecule has 0 radical (unpaired) electrons. The van der Waals surface area contributed by atoms with Crippen molar-refractivity contribution in [2.24, 2.45) is 17.8 Å². The van der Waals surface area contributed by atoms with Crippen molar-refractivity contribution >= 4 is 23.2 Å². The predicted octanol–water partition coefficient (Wildman–Crippen LogP) is 3.70. The maximum Gasteiger partial charge on any atom is 0.270 e. The zero-order valence-electron chi connectivity index (χ0n) is 15.9. The fourth-order valence-corrected chi connectivity index (χ4v) is 3.93. The standard InChI is InChI=1S/C19H31N3O2S/c1-13(2)9-20-18(23)16-12-25-17(21-16)11-22(10-14(3)4)19(24)15-7-5-6-8-15/h12-15H,5-11H2,1-4H3,(H,20,23). The highest BCUT2D eigenvalue weighted by molar-refractivity contribution is 7.09. The summed E-state index contributed by atoms with van der Waals surface area (Å²) in [5.74, 6) is 1.13. The van der Waals surface area contributed by atoms with Crippen LogP contribution in [-0.4, -0.2) is 34.8 Å². The van der Waals surface area contributed by atoms with Crippen LogP contribution in [-0.2, 0) is 11.3 Å². The van der Waals surface area contributed by atoms with E-state index >= 15 is 0 Å². The Morgan fingerprint density at radius 1 is 1.24 bits per heavy atom. The summed E-state index contributed by atoms with van der Waals surface area (Å²) in [4.78, 5) is 31.3. The Bertz CT molecular complexity index is 577. The summed E-state index contributed by atoms with van der Waals surface area (Å²) in [5.41, 5.74) is 0.457. The summed E-state index contributed by atoms with van der Waals surface area (Å²) in [6.45, 7) is 10.3. The molecule has 5 nitrogen and oxygen atoms in total. The molecular formula is C19H31N3O2S. The van der Waals surface area contributed by atoms with Crippen molar-refractivity contribution in [2.45, 2.75) is 59.9 Å². The number of amides is 2. The molecule has 0 aliphatic heterocycles. The van der Waals surface area contributed by atoms with Crippen molar-refractivity contribution in [1.82, 2.24) is 15.2 Å². The van der Waals surface area contributed by atoms with Gasteiger partial charge in [-0.3, -0.25) is 9.59 Å². The van der Waals surface area contributed by atoms with Gasteiger partial charge >= 0.3 is 0 Å². The molecule has 140 valence electrons. The van der Waals surface area contributed by atoms with Crippen molar-refractivity contribution in [2.75, 3.05) is 13.1 Å². The molecule has 0 atom stereocenters. The van der Waals surface area contributed by atoms with Crippen LogP contribution in [0.3, 0.4) is 0 Å². The van der Waals surface area contributed by atoms with E-state index in [2.05, 4.69) is 38.0 Å². The first-order chi connectivity index (χ1) is 11.9. The van der Waals surface area contributed by atoms with Crippen molar-refractivity contribution in [1.29, 1.82) is 0 Å². The number of nitrogens with one attached hydrogen (secondary N) is 1. The van der Waals surface area contributed by atoms with Crippen LogP contribution in [0.2, 0.25) is 0 Å². The topological polar surface area (TPSA) is 62.3 Å². The van der Waals surface area contributed by atoms with Gasteiger partial charge in [0.15, 0.2) is 0 Å². The minimum absolute atomic E-state index is 0.131. The lowest BCUT2D eigenvalue weighted by Gasteiger charge is -2.26. The normalized spacial score (nSPS) is 15.1. The van der Waals surface area contributed by atoms with Crippen LogP contribution in [0, 0.1) is 17.8 Å². The van der Waals surface area contributed by atoms with Crippen molar-refractivity contribution in [3.8, 4) is 0 Å². The quantitative estimate of drug-likeness (QED) is 0.764. The van der Waals surface area contributed by atoms with Gasteiger partial charge in [0, 0.05) is 24.4 Å². The highest BCUT2D eigenvalue weighted by Gasteiger charge is 2.28. The summed E-state index contributed by atoms with van der Waals surface area (Å²) >= 11 is 1.46. The molecular weight excluding hydrogens is 334 g/mol. The maximum atomic E-state index is 12.8. The first-order valence-electron chi connectivity index (χ1n) is 9.38. The van der Waals surface area contributed by atoms with Gasteiger partial charge in [-0.05, 0) is 24.7 Å². The number of hydrogen-bond acceptors (Lipinski definition) is 4. The van der Waals surface area contributed by atoms with Gasteiger partial charge in [0.05, 0.1) is 6.54 Å². The van der Waals surface area contributed by atoms with Gasteiger partial charge < -0.3 is 10.2 Å². The average molecular weight is 366 g/mol. The maximum absolute atomic E-state index is 12.8. The van der Waals surface area contributed by atoms with E-state index in [9.17, 15) is 9.59 Å². The summed E-state index contributed by atoms with van der Waals surface area (Å²) in [7, 11) is 0. The van der Waals surface area contributed by atoms with E-state index in [1.165, 1.54) is 11.3 Å². The Kier molecular flexibility index (Phi) is 7.41. The summed E-state index contributed by atoms with van der Waals surface area (Å²) < 4.78 is 0. The smallest absolute Gasteiger partial charge is 0.270 e. The van der Waals surface area contributed by atoms with E-state index in [-0.39, 0.29) is 17.7 Å². The van der Waals surface area contributed by atoms with Gasteiger partial charge in [-0.25, -0.2) is 4.98 Å². The SMILES string of the molecule is CC(C)CNC(=O)c1csc(CN(CC(C)C)C(=O)C2CCCC2)n1. The molecule has 6 heteroatoms. The lowest BCUT2D eigenvalue weighted by Crippen LogP contribution is -2.37. The molecule has 2 rings (SSSR count). The Balaban J connectivity index is 2.00. The van der Waals surface area contributed by atoms with Gasteiger partial charge in [-0.1, -0.05) is 40.5 Å². The molecule has 1 aliphatic carbocycles. The second-order valence-corrected chi connectivity index (χ2v) is 8.77. The van der Waals surface area contributed by atoms with Gasteiger partial charge in [0.25, 0.3) is 5.91 Å². The van der Waals surface area contributed by atoms with Gasteiger partial charge in [-0.2, -0.15) is 0 Å². The van der Waals surface area contributed by atoms with Crippen molar-refractivity contribution in [3.05, 3.63) is 16.1 Å². The molecule has 2 amide bonds. The Morgan fingerprint density at radius 3 is 2.52 bits per heavy atom. The highest BCUT2D eigenvalue weighted by Crippen LogP contribution is 2.27. The molecule has 1 aromatic rings. The second kappa shape index (κ2) is 9.32. The van der Waals surface area contributed by atoms with E-state index in [1.54, 1.807) is 5.38 Å². The predicted molar refractivity (Wildman–Crippen MR) is 101 cm³/mol. The van der Waals surface area contributed by atoms with E-state index in [4.69, 9.17) is 0 Å². The third-order valence-electron chi connectivity index (χ3n) is 4.38. The summed E-state index contributed by atoms with van der Waals surface area (Å²) in [5, 5.41) is 5.51. The molecule has 0 unspecified atom stereocenters. The lowest BCUT2D eigenvalue weighted by atomic mass is 10.1. The minimum Gasteiger partial charge on any atom is -0.350 e. The first kappa shape index (κ1) is 19.9. The van der Waals surface area contributed by atoms with Crippen LogP contribution in [0.1, 0.15) is 68.9 Å². The van der Waals surface area contributed by atoms with Crippen molar-refractivity contribution < 1.29 is 9.59 Å². The fourth-order valence-electron chi connectivity index (χ4n) is 3.14. The molecule has 1 heterocycles. The molecule has 0 aromatic carbocycles. The van der Waals surface area contributed by atoms with Crippen LogP contribution < -0.4 is 5.32 Å². The van der Waals surface area contributed by atoms with Gasteiger partial charge in [0.2, 0.25) is 5.91 Å². The second-order valence-electron chi connectivity index (χ2n) is 7.82. The zero-order chi connectivity index (χ0) is 18.4. The summed E-state index contributed by atoms with van der Waals surface area (Å²) in [6.07, 6.45) is 4.33. The molecule has 1 saturated carbocycles. The van der Waals surface area contributed by atoms with Crippen LogP contribution in [0.4, 0.5) is 0 Å². The van der Waals surface area contributed by atoms with E-state index < -0.39 is 0 Å². The number of hydrogen-bond donors (Lipinski definition) is 1. The highest BCUT2D eigenvalue weighted by atomic mass is 32.1. The molecule has 1 aliphatic rings. The average Bonchev–Trinajstić information content (AvgIpc) is 3.22. The van der Waals surface area contributed by atoms with Crippen molar-refractivity contribution in [3.63, 3.8) is 0 Å². The fraction of sp³-hybridized carbons (Fsp3) is 0.737. The number of thiazole rings is 1. The lowest BCUT2D eigenvalue weighted by molar-refractivity contribution is -0.136. The number of nitrogens with zero attached hydrogens (tertiary/aromatic N) is 2. The number of rotatable bonds is 8. The van der Waals surface area contributed by atoms with Crippen LogP contribution in [0.5, 0.6) is 0 Å². The Morgan fingerprint density at radius 2 is 1.92 bits per heavy atom. The van der Waals surface area contributed by atoms with E-state index in [0.29, 0.717) is 30.6 Å². The molecule has 1 aromatic heterocycles. The van der Waals surface area contributed by atoms with Gasteiger partial charge in [-0.15, -0.1) is 11.3 Å². The third-order valence-corrected chi connectivity index (χ3v) is 5.22. The van der Waals surface area contributed by atoms with Crippen LogP contribution in [0.25, 0.3) is 0 Å². The Hall–Kier alpha value is -1.43. The van der Waals surface area contributed by atoms with Crippen LogP contribution >= 0.6 is 11.3 Å². The summed E-state index contributed by atoms with van der Waals surface area (Å²) in [6, 6.07) is 0. The van der Waals surface area contributed by atoms with Gasteiger partial charge in [0.1, 0.15) is 10.7 Å². The van der Waals surface area contributed by atoms with E-state index in [0.717, 1.165) is 37.2 Å². The largest absolute Gasteiger partial charge is 0.350 e. The van der Waals surface area contributed by atoms with Crippen LogP contribution in [0.15, 0.2) is 5.38 Å². The molecule has 0 bridgehead atoms. The molecule has 1 N–H and O–H groups in total. The monoisotopic (exact) mass is 365 g/mol. The number of aromatic nitrogens is 1. The first-order valence-corrected chi connectivity index (χ1v) is 10.3. The number of carbonyl (C=O) groups excluding carboxylic acids is 2. The third kappa shape index (κ3) is 6.10. The molecule has 1 fully saturated rings.